The summed E-state index contributed by atoms with van der Waals surface area (Å²) in [5, 5.41) is 9.09. The van der Waals surface area contributed by atoms with Gasteiger partial charge in [-0.15, -0.1) is 11.3 Å². The number of hydrogen-bond acceptors (Lipinski definition) is 6. The van der Waals surface area contributed by atoms with Crippen molar-refractivity contribution >= 4 is 40.2 Å². The van der Waals surface area contributed by atoms with E-state index in [0.29, 0.717) is 5.69 Å². The summed E-state index contributed by atoms with van der Waals surface area (Å²) >= 11 is 2.94. The van der Waals surface area contributed by atoms with Gasteiger partial charge in [0, 0.05) is 22.0 Å². The fourth-order valence-corrected chi connectivity index (χ4v) is 3.96. The predicted octanol–water partition coefficient (Wildman–Crippen LogP) is 5.35. The van der Waals surface area contributed by atoms with Crippen LogP contribution in [0.1, 0.15) is 43.7 Å². The Hall–Kier alpha value is -2.51. The van der Waals surface area contributed by atoms with Gasteiger partial charge in [-0.2, -0.15) is 11.3 Å². The average Bonchev–Trinajstić information content (AvgIpc) is 3.32. The SMILES string of the molecule is C[C@H](OC(=O)c1csc(-c2ccsc2)n1)C(=O)Nc1ccc(C(C)(C)C)cc1. The molecule has 0 saturated carbocycles. The van der Waals surface area contributed by atoms with Crippen LogP contribution in [0.15, 0.2) is 46.5 Å². The van der Waals surface area contributed by atoms with Gasteiger partial charge in [0.25, 0.3) is 5.91 Å². The summed E-state index contributed by atoms with van der Waals surface area (Å²) in [5.74, 6) is -0.992. The second-order valence-corrected chi connectivity index (χ2v) is 9.05. The van der Waals surface area contributed by atoms with E-state index >= 15 is 0 Å². The Morgan fingerprint density at radius 3 is 2.43 bits per heavy atom. The second kappa shape index (κ2) is 8.24. The monoisotopic (exact) mass is 414 g/mol. The van der Waals surface area contributed by atoms with E-state index in [0.717, 1.165) is 10.6 Å². The number of nitrogens with zero attached hydrogens (tertiary/aromatic N) is 1. The van der Waals surface area contributed by atoms with Crippen molar-refractivity contribution in [2.45, 2.75) is 39.2 Å². The normalized spacial score (nSPS) is 12.4. The lowest BCUT2D eigenvalue weighted by atomic mass is 9.87. The Kier molecular flexibility index (Phi) is 5.96. The van der Waals surface area contributed by atoms with E-state index in [1.165, 1.54) is 16.9 Å². The molecule has 5 nitrogen and oxygen atoms in total. The van der Waals surface area contributed by atoms with E-state index in [2.05, 4.69) is 31.1 Å². The van der Waals surface area contributed by atoms with Crippen molar-refractivity contribution in [3.63, 3.8) is 0 Å². The number of amides is 1. The molecule has 7 heteroatoms. The van der Waals surface area contributed by atoms with Crippen molar-refractivity contribution in [2.24, 2.45) is 0 Å². The van der Waals surface area contributed by atoms with Crippen molar-refractivity contribution in [1.29, 1.82) is 0 Å². The third-order valence-corrected chi connectivity index (χ3v) is 5.73. The molecule has 2 aromatic heterocycles. The van der Waals surface area contributed by atoms with E-state index in [4.69, 9.17) is 4.74 Å². The van der Waals surface area contributed by atoms with E-state index in [9.17, 15) is 9.59 Å². The number of esters is 1. The molecule has 2 heterocycles. The highest BCUT2D eigenvalue weighted by molar-refractivity contribution is 7.14. The molecule has 0 saturated heterocycles. The fourth-order valence-electron chi connectivity index (χ4n) is 2.46. The number of nitrogens with one attached hydrogen (secondary N) is 1. The topological polar surface area (TPSA) is 68.3 Å². The standard InChI is InChI=1S/C21H22N2O3S2/c1-13(18(24)22-16-7-5-15(6-8-16)21(2,3)4)26-20(25)17-12-28-19(23-17)14-9-10-27-11-14/h5-13H,1-4H3,(H,22,24)/t13-/m0/s1. The zero-order valence-corrected chi connectivity index (χ0v) is 17.8. The Morgan fingerprint density at radius 1 is 1.11 bits per heavy atom. The molecular formula is C21H22N2O3S2. The van der Waals surface area contributed by atoms with Crippen molar-refractivity contribution < 1.29 is 14.3 Å². The predicted molar refractivity (Wildman–Crippen MR) is 114 cm³/mol. The Bertz CT molecular complexity index is 954. The molecule has 0 bridgehead atoms. The number of carbonyl (C=O) groups excluding carboxylic acids is 2. The van der Waals surface area contributed by atoms with Gasteiger partial charge >= 0.3 is 5.97 Å². The average molecular weight is 415 g/mol. The molecule has 3 rings (SSSR count). The Balaban J connectivity index is 1.58. The van der Waals surface area contributed by atoms with E-state index in [-0.39, 0.29) is 17.0 Å². The number of carbonyl (C=O) groups is 2. The number of benzene rings is 1. The number of thiophene rings is 1. The van der Waals surface area contributed by atoms with E-state index in [1.54, 1.807) is 23.6 Å². The molecule has 0 aliphatic rings. The minimum Gasteiger partial charge on any atom is -0.448 e. The van der Waals surface area contributed by atoms with Gasteiger partial charge in [-0.1, -0.05) is 32.9 Å². The maximum Gasteiger partial charge on any atom is 0.358 e. The largest absolute Gasteiger partial charge is 0.448 e. The second-order valence-electron chi connectivity index (χ2n) is 7.41. The smallest absolute Gasteiger partial charge is 0.358 e. The molecular weight excluding hydrogens is 392 g/mol. The molecule has 28 heavy (non-hydrogen) atoms. The third kappa shape index (κ3) is 4.85. The summed E-state index contributed by atoms with van der Waals surface area (Å²) in [6.07, 6.45) is -0.930. The maximum atomic E-state index is 12.3. The van der Waals surface area contributed by atoms with Gasteiger partial charge in [0.1, 0.15) is 5.01 Å². The van der Waals surface area contributed by atoms with Crippen LogP contribution < -0.4 is 5.32 Å². The zero-order chi connectivity index (χ0) is 20.3. The van der Waals surface area contributed by atoms with Crippen LogP contribution in [0.4, 0.5) is 5.69 Å². The molecule has 1 N–H and O–H groups in total. The molecule has 0 unspecified atom stereocenters. The highest BCUT2D eigenvalue weighted by Gasteiger charge is 2.21. The highest BCUT2D eigenvalue weighted by Crippen LogP contribution is 2.26. The summed E-state index contributed by atoms with van der Waals surface area (Å²) in [5.41, 5.74) is 3.06. The van der Waals surface area contributed by atoms with Crippen molar-refractivity contribution in [1.82, 2.24) is 4.98 Å². The first-order valence-electron chi connectivity index (χ1n) is 8.84. The van der Waals surface area contributed by atoms with Crippen molar-refractivity contribution in [2.75, 3.05) is 5.32 Å². The molecule has 3 aromatic rings. The van der Waals surface area contributed by atoms with Gasteiger partial charge < -0.3 is 10.1 Å². The van der Waals surface area contributed by atoms with Gasteiger partial charge in [0.2, 0.25) is 0 Å². The fraction of sp³-hybridized carbons (Fsp3) is 0.286. The number of hydrogen-bond donors (Lipinski definition) is 1. The van der Waals surface area contributed by atoms with Crippen molar-refractivity contribution in [3.8, 4) is 10.6 Å². The lowest BCUT2D eigenvalue weighted by molar-refractivity contribution is -0.123. The van der Waals surface area contributed by atoms with Crippen molar-refractivity contribution in [3.05, 3.63) is 57.7 Å². The third-order valence-electron chi connectivity index (χ3n) is 4.15. The van der Waals surface area contributed by atoms with Gasteiger partial charge in [-0.3, -0.25) is 4.79 Å². The molecule has 0 radical (unpaired) electrons. The highest BCUT2D eigenvalue weighted by atomic mass is 32.1. The number of rotatable bonds is 5. The summed E-state index contributed by atoms with van der Waals surface area (Å²) in [6, 6.07) is 9.60. The Labute approximate surface area is 172 Å². The minimum absolute atomic E-state index is 0.0424. The molecule has 1 atom stereocenters. The van der Waals surface area contributed by atoms with Crippen LogP contribution in [-0.2, 0) is 14.9 Å². The molecule has 146 valence electrons. The summed E-state index contributed by atoms with van der Waals surface area (Å²) < 4.78 is 5.27. The maximum absolute atomic E-state index is 12.3. The molecule has 0 aliphatic carbocycles. The van der Waals surface area contributed by atoms with Crippen LogP contribution in [0.3, 0.4) is 0 Å². The summed E-state index contributed by atoms with van der Waals surface area (Å²) in [6.45, 7) is 7.93. The lowest BCUT2D eigenvalue weighted by Crippen LogP contribution is -2.30. The van der Waals surface area contributed by atoms with E-state index in [1.807, 2.05) is 41.1 Å². The van der Waals surface area contributed by atoms with Crippen LogP contribution >= 0.6 is 22.7 Å². The lowest BCUT2D eigenvalue weighted by Gasteiger charge is -2.19. The van der Waals surface area contributed by atoms with Crippen LogP contribution in [0.25, 0.3) is 10.6 Å². The number of ether oxygens (including phenoxy) is 1. The molecule has 0 aliphatic heterocycles. The minimum atomic E-state index is -0.930. The molecule has 0 spiro atoms. The first kappa shape index (κ1) is 20.2. The van der Waals surface area contributed by atoms with E-state index < -0.39 is 12.1 Å². The molecule has 1 aromatic carbocycles. The summed E-state index contributed by atoms with van der Waals surface area (Å²) in [7, 11) is 0. The zero-order valence-electron chi connectivity index (χ0n) is 16.2. The summed E-state index contributed by atoms with van der Waals surface area (Å²) in [4.78, 5) is 28.9. The van der Waals surface area contributed by atoms with Crippen LogP contribution in [0, 0.1) is 0 Å². The number of aromatic nitrogens is 1. The van der Waals surface area contributed by atoms with Gasteiger partial charge in [-0.05, 0) is 41.5 Å². The Morgan fingerprint density at radius 2 is 1.82 bits per heavy atom. The molecule has 1 amide bonds. The number of thiazole rings is 1. The first-order chi connectivity index (χ1) is 13.2. The van der Waals surface area contributed by atoms with Gasteiger partial charge in [0.15, 0.2) is 11.8 Å². The van der Waals surface area contributed by atoms with Gasteiger partial charge in [-0.25, -0.2) is 9.78 Å². The van der Waals surface area contributed by atoms with Crippen LogP contribution in [-0.4, -0.2) is 23.0 Å². The molecule has 0 fully saturated rings. The number of anilines is 1. The first-order valence-corrected chi connectivity index (χ1v) is 10.7. The van der Waals surface area contributed by atoms with Gasteiger partial charge in [0.05, 0.1) is 0 Å². The van der Waals surface area contributed by atoms with Crippen LogP contribution in [0.2, 0.25) is 0 Å². The quantitative estimate of drug-likeness (QED) is 0.571. The van der Waals surface area contributed by atoms with Crippen LogP contribution in [0.5, 0.6) is 0 Å².